The van der Waals surface area contributed by atoms with Gasteiger partial charge in [-0.3, -0.25) is 14.4 Å². The van der Waals surface area contributed by atoms with Gasteiger partial charge in [0, 0.05) is 18.2 Å². The molecule has 0 atom stereocenters. The maximum atomic E-state index is 10.2. The van der Waals surface area contributed by atoms with Crippen LogP contribution >= 0.6 is 0 Å². The van der Waals surface area contributed by atoms with Crippen LogP contribution in [0.3, 0.4) is 0 Å². The third-order valence-electron chi connectivity index (χ3n) is 2.15. The van der Waals surface area contributed by atoms with Crippen molar-refractivity contribution in [2.75, 3.05) is 0 Å². The Hall–Kier alpha value is -3.23. The molecule has 0 bridgehead atoms. The van der Waals surface area contributed by atoms with Gasteiger partial charge in [0.15, 0.2) is 16.3 Å². The third kappa shape index (κ3) is 8.26. The second-order valence-electron chi connectivity index (χ2n) is 3.86. The van der Waals surface area contributed by atoms with Gasteiger partial charge < -0.3 is 28.6 Å². The molecule has 3 heterocycles. The van der Waals surface area contributed by atoms with Crippen LogP contribution in [0.4, 0.5) is 0 Å². The summed E-state index contributed by atoms with van der Waals surface area (Å²) in [7, 11) is 0. The summed E-state index contributed by atoms with van der Waals surface area (Å²) in [5, 5.41) is 30.6. The second kappa shape index (κ2) is 11.3. The SMILES string of the molecule is O=c1ccocc1[O-].O=c1ccocc1[O-].O=c1ccocc1[O-].[Fe+3]. The Balaban J connectivity index is 0.000000339. The molecule has 0 spiro atoms. The molecule has 131 valence electrons. The average Bonchev–Trinajstić information content (AvgIpc) is 2.57. The predicted octanol–water partition coefficient (Wildman–Crippen LogP) is -0.862. The van der Waals surface area contributed by atoms with Crippen LogP contribution in [0.1, 0.15) is 0 Å². The van der Waals surface area contributed by atoms with Crippen molar-refractivity contribution in [2.45, 2.75) is 0 Å². The first-order chi connectivity index (χ1) is 11.4. The van der Waals surface area contributed by atoms with Gasteiger partial charge in [0.1, 0.15) is 0 Å². The molecule has 0 amide bonds. The van der Waals surface area contributed by atoms with Crippen molar-refractivity contribution < 1.29 is 45.6 Å². The minimum Gasteiger partial charge on any atom is -0.868 e. The predicted molar refractivity (Wildman–Crippen MR) is 73.3 cm³/mol. The molecule has 1 radical (unpaired) electrons. The molecule has 0 N–H and O–H groups in total. The smallest absolute Gasteiger partial charge is 0.868 e. The van der Waals surface area contributed by atoms with Crippen LogP contribution in [0.25, 0.3) is 0 Å². The van der Waals surface area contributed by atoms with Gasteiger partial charge in [0.25, 0.3) is 0 Å². The van der Waals surface area contributed by atoms with E-state index in [2.05, 4.69) is 13.3 Å². The van der Waals surface area contributed by atoms with E-state index in [-0.39, 0.29) is 17.1 Å². The summed E-state index contributed by atoms with van der Waals surface area (Å²) < 4.78 is 13.1. The molecule has 0 aliphatic heterocycles. The monoisotopic (exact) mass is 389 g/mol. The largest absolute Gasteiger partial charge is 3.00 e. The third-order valence-corrected chi connectivity index (χ3v) is 2.15. The van der Waals surface area contributed by atoms with E-state index in [1.807, 2.05) is 0 Å². The van der Waals surface area contributed by atoms with Crippen LogP contribution in [0, 0.1) is 0 Å². The van der Waals surface area contributed by atoms with Crippen LogP contribution in [-0.2, 0) is 17.1 Å². The molecule has 0 aliphatic carbocycles. The van der Waals surface area contributed by atoms with Crippen molar-refractivity contribution in [3.05, 3.63) is 86.4 Å². The van der Waals surface area contributed by atoms with Crippen molar-refractivity contribution in [1.82, 2.24) is 0 Å². The first-order valence-electron chi connectivity index (χ1n) is 6.12. The van der Waals surface area contributed by atoms with Crippen molar-refractivity contribution in [2.24, 2.45) is 0 Å². The van der Waals surface area contributed by atoms with Gasteiger partial charge in [-0.2, -0.15) is 0 Å². The summed E-state index contributed by atoms with van der Waals surface area (Å²) in [5.74, 6) is -1.81. The number of hydrogen-bond acceptors (Lipinski definition) is 9. The first-order valence-corrected chi connectivity index (χ1v) is 6.12. The van der Waals surface area contributed by atoms with Gasteiger partial charge in [-0.15, -0.1) is 0 Å². The molecule has 0 aliphatic rings. The van der Waals surface area contributed by atoms with E-state index in [4.69, 9.17) is 0 Å². The van der Waals surface area contributed by atoms with E-state index in [0.717, 1.165) is 37.0 Å². The molecule has 0 saturated heterocycles. The maximum absolute atomic E-state index is 10.2. The Morgan fingerprint density at radius 2 is 0.800 bits per heavy atom. The van der Waals surface area contributed by atoms with Gasteiger partial charge in [-0.1, -0.05) is 0 Å². The van der Waals surface area contributed by atoms with Crippen molar-refractivity contribution >= 4 is 0 Å². The normalized spacial score (nSPS) is 8.64. The minimum atomic E-state index is -0.604. The van der Waals surface area contributed by atoms with Crippen LogP contribution in [0.2, 0.25) is 0 Å². The molecule has 3 rings (SSSR count). The molecule has 3 aromatic heterocycles. The van der Waals surface area contributed by atoms with Gasteiger partial charge in [0.2, 0.25) is 0 Å². The van der Waals surface area contributed by atoms with Gasteiger partial charge in [0.05, 0.1) is 37.6 Å². The van der Waals surface area contributed by atoms with Gasteiger partial charge in [-0.05, 0) is 17.2 Å². The second-order valence-corrected chi connectivity index (χ2v) is 3.86. The van der Waals surface area contributed by atoms with E-state index < -0.39 is 33.5 Å². The van der Waals surface area contributed by atoms with Gasteiger partial charge in [-0.25, -0.2) is 0 Å². The fourth-order valence-electron chi connectivity index (χ4n) is 1.03. The van der Waals surface area contributed by atoms with E-state index in [1.165, 1.54) is 18.8 Å². The summed E-state index contributed by atoms with van der Waals surface area (Å²) in [6, 6.07) is 3.26. The van der Waals surface area contributed by atoms with Crippen LogP contribution in [-0.4, -0.2) is 0 Å². The van der Waals surface area contributed by atoms with E-state index in [9.17, 15) is 29.7 Å². The maximum Gasteiger partial charge on any atom is 3.00 e. The average molecular weight is 389 g/mol. The Morgan fingerprint density at radius 1 is 0.560 bits per heavy atom. The molecule has 3 aromatic rings. The number of hydrogen-bond donors (Lipinski definition) is 0. The zero-order chi connectivity index (χ0) is 17.9. The molecule has 25 heavy (non-hydrogen) atoms. The summed E-state index contributed by atoms with van der Waals surface area (Å²) in [5.41, 5.74) is -1.59. The zero-order valence-corrected chi connectivity index (χ0v) is 13.3. The molecule has 10 heteroatoms. The Labute approximate surface area is 149 Å². The molecule has 0 saturated carbocycles. The molecular weight excluding hydrogens is 380 g/mol. The first kappa shape index (κ1) is 21.8. The van der Waals surface area contributed by atoms with E-state index in [1.54, 1.807) is 0 Å². The minimum absolute atomic E-state index is 0. The zero-order valence-electron chi connectivity index (χ0n) is 12.2. The Kier molecular flexibility index (Phi) is 9.86. The van der Waals surface area contributed by atoms with Crippen LogP contribution in [0.15, 0.2) is 83.4 Å². The van der Waals surface area contributed by atoms with E-state index >= 15 is 0 Å². The van der Waals surface area contributed by atoms with Crippen LogP contribution < -0.4 is 31.6 Å². The quantitative estimate of drug-likeness (QED) is 0.446. The fourth-order valence-corrected chi connectivity index (χ4v) is 1.03. The van der Waals surface area contributed by atoms with Gasteiger partial charge >= 0.3 is 17.1 Å². The van der Waals surface area contributed by atoms with Crippen LogP contribution in [0.5, 0.6) is 17.2 Å². The molecule has 9 nitrogen and oxygen atoms in total. The summed E-state index contributed by atoms with van der Waals surface area (Å²) in [6.45, 7) is 0. The van der Waals surface area contributed by atoms with Crippen molar-refractivity contribution in [3.8, 4) is 17.2 Å². The molecule has 0 unspecified atom stereocenters. The topological polar surface area (TPSA) is 160 Å². The molecule has 0 aromatic carbocycles. The summed E-state index contributed by atoms with van der Waals surface area (Å²) >= 11 is 0. The number of rotatable bonds is 0. The Bertz CT molecular complexity index is 804. The molecule has 0 fully saturated rings. The van der Waals surface area contributed by atoms with E-state index in [0.29, 0.717) is 0 Å². The summed E-state index contributed by atoms with van der Waals surface area (Å²) in [6.07, 6.45) is 6.14. The fraction of sp³-hybridized carbons (Fsp3) is 0. The van der Waals surface area contributed by atoms with Crippen molar-refractivity contribution in [1.29, 1.82) is 0 Å². The Morgan fingerprint density at radius 3 is 0.920 bits per heavy atom. The standard InChI is InChI=1S/3C5H4O3.Fe/c3*6-4-1-2-8-3-5(4)7;/h3*1-3,7H;/q;;;+3/p-3. The van der Waals surface area contributed by atoms with Crippen molar-refractivity contribution in [3.63, 3.8) is 0 Å². The summed E-state index contributed by atoms with van der Waals surface area (Å²) in [4.78, 5) is 30.7. The molecular formula is C15H9FeO9.